The third kappa shape index (κ3) is 4.70. The van der Waals surface area contributed by atoms with Crippen molar-refractivity contribution in [3.8, 4) is 0 Å². The van der Waals surface area contributed by atoms with Crippen LogP contribution >= 0.6 is 0 Å². The molecule has 1 rings (SSSR count). The molecule has 0 bridgehead atoms. The molecule has 0 spiro atoms. The molecule has 1 aromatic rings. The van der Waals surface area contributed by atoms with E-state index in [1.54, 1.807) is 12.1 Å². The molecule has 0 aromatic heterocycles. The van der Waals surface area contributed by atoms with Crippen LogP contribution in [0.1, 0.15) is 45.4 Å². The van der Waals surface area contributed by atoms with Crippen molar-refractivity contribution in [2.45, 2.75) is 45.4 Å². The van der Waals surface area contributed by atoms with Crippen LogP contribution < -0.4 is 4.90 Å². The van der Waals surface area contributed by atoms with Crippen LogP contribution in [-0.2, 0) is 9.59 Å². The van der Waals surface area contributed by atoms with Crippen LogP contribution in [0.15, 0.2) is 30.3 Å². The molecule has 18 heavy (non-hydrogen) atoms. The van der Waals surface area contributed by atoms with Crippen molar-refractivity contribution in [1.82, 2.24) is 0 Å². The molecule has 3 nitrogen and oxygen atoms in total. The van der Waals surface area contributed by atoms with Gasteiger partial charge in [-0.25, -0.2) is 0 Å². The smallest absolute Gasteiger partial charge is 0.233 e. The third-order valence-electron chi connectivity index (χ3n) is 2.90. The van der Waals surface area contributed by atoms with Gasteiger partial charge in [0.25, 0.3) is 0 Å². The summed E-state index contributed by atoms with van der Waals surface area (Å²) in [7, 11) is 0. The first kappa shape index (κ1) is 14.4. The van der Waals surface area contributed by atoms with Gasteiger partial charge < -0.3 is 0 Å². The summed E-state index contributed by atoms with van der Waals surface area (Å²) in [5, 5.41) is 0. The van der Waals surface area contributed by atoms with E-state index in [0.717, 1.165) is 19.3 Å². The summed E-state index contributed by atoms with van der Waals surface area (Å²) in [6, 6.07) is 9.04. The second kappa shape index (κ2) is 8.45. The number of para-hydroxylation sites is 1. The first-order valence-electron chi connectivity index (χ1n) is 6.62. The number of amides is 2. The van der Waals surface area contributed by atoms with Gasteiger partial charge in [0.15, 0.2) is 0 Å². The number of rotatable bonds is 8. The molecule has 3 heteroatoms. The summed E-state index contributed by atoms with van der Waals surface area (Å²) in [4.78, 5) is 24.1. The van der Waals surface area contributed by atoms with Crippen LogP contribution in [0.5, 0.6) is 0 Å². The van der Waals surface area contributed by atoms with Crippen LogP contribution in [0, 0.1) is 0 Å². The highest BCUT2D eigenvalue weighted by Crippen LogP contribution is 2.14. The molecule has 2 amide bonds. The average Bonchev–Trinajstić information content (AvgIpc) is 2.40. The maximum absolute atomic E-state index is 11.9. The molecule has 0 saturated heterocycles. The minimum absolute atomic E-state index is 0.118. The van der Waals surface area contributed by atoms with E-state index in [1.807, 2.05) is 18.2 Å². The summed E-state index contributed by atoms with van der Waals surface area (Å²) >= 11 is 0. The lowest BCUT2D eigenvalue weighted by molar-refractivity contribution is -0.122. The van der Waals surface area contributed by atoms with Gasteiger partial charge in [-0.3, -0.25) is 14.5 Å². The van der Waals surface area contributed by atoms with Crippen LogP contribution in [-0.4, -0.2) is 12.3 Å². The van der Waals surface area contributed by atoms with E-state index < -0.39 is 0 Å². The molecule has 1 aromatic carbocycles. The second-order valence-corrected chi connectivity index (χ2v) is 4.37. The molecule has 0 aliphatic carbocycles. The Kier molecular flexibility index (Phi) is 6.77. The number of carbonyl (C=O) groups is 2. The zero-order valence-corrected chi connectivity index (χ0v) is 11.0. The highest BCUT2D eigenvalue weighted by atomic mass is 16.2. The van der Waals surface area contributed by atoms with Crippen LogP contribution in [0.2, 0.25) is 0 Å². The van der Waals surface area contributed by atoms with Gasteiger partial charge in [0.1, 0.15) is 0 Å². The van der Waals surface area contributed by atoms with Gasteiger partial charge in [-0.1, -0.05) is 50.8 Å². The fourth-order valence-corrected chi connectivity index (χ4v) is 1.85. The normalized spacial score (nSPS) is 10.1. The highest BCUT2D eigenvalue weighted by molar-refractivity contribution is 6.06. The Morgan fingerprint density at radius 1 is 1.11 bits per heavy atom. The van der Waals surface area contributed by atoms with Gasteiger partial charge in [-0.2, -0.15) is 0 Å². The van der Waals surface area contributed by atoms with Gasteiger partial charge in [0, 0.05) is 6.42 Å². The maximum Gasteiger partial charge on any atom is 0.233 e. The first-order valence-corrected chi connectivity index (χ1v) is 6.62. The van der Waals surface area contributed by atoms with E-state index in [4.69, 9.17) is 0 Å². The Balaban J connectivity index is 2.41. The van der Waals surface area contributed by atoms with Gasteiger partial charge >= 0.3 is 0 Å². The zero-order valence-electron chi connectivity index (χ0n) is 11.0. The predicted octanol–water partition coefficient (Wildman–Crippen LogP) is 3.54. The summed E-state index contributed by atoms with van der Waals surface area (Å²) in [6.07, 6.45) is 6.52. The fraction of sp³-hybridized carbons (Fsp3) is 0.467. The Morgan fingerprint density at radius 3 is 2.39 bits per heavy atom. The van der Waals surface area contributed by atoms with Crippen molar-refractivity contribution in [3.05, 3.63) is 30.3 Å². The molecule has 0 aliphatic heterocycles. The number of carbonyl (C=O) groups excluding carboxylic acids is 2. The summed E-state index contributed by atoms with van der Waals surface area (Å²) in [5.74, 6) is -0.118. The molecule has 0 aliphatic rings. The lowest BCUT2D eigenvalue weighted by Crippen LogP contribution is -2.28. The van der Waals surface area contributed by atoms with E-state index in [0.29, 0.717) is 18.5 Å². The molecule has 0 saturated carbocycles. The number of benzene rings is 1. The molecule has 0 radical (unpaired) electrons. The van der Waals surface area contributed by atoms with Crippen molar-refractivity contribution in [1.29, 1.82) is 0 Å². The monoisotopic (exact) mass is 247 g/mol. The quantitative estimate of drug-likeness (QED) is 0.520. The first-order chi connectivity index (χ1) is 8.79. The molecule has 0 unspecified atom stereocenters. The number of imide groups is 1. The van der Waals surface area contributed by atoms with E-state index in [-0.39, 0.29) is 5.91 Å². The lowest BCUT2D eigenvalue weighted by atomic mass is 10.1. The van der Waals surface area contributed by atoms with Crippen molar-refractivity contribution < 1.29 is 9.59 Å². The second-order valence-electron chi connectivity index (χ2n) is 4.37. The zero-order chi connectivity index (χ0) is 13.2. The Hall–Kier alpha value is -1.64. The summed E-state index contributed by atoms with van der Waals surface area (Å²) < 4.78 is 0. The van der Waals surface area contributed by atoms with Gasteiger partial charge in [0.05, 0.1) is 5.69 Å². The molecule has 0 atom stereocenters. The standard InChI is InChI=1S/C15H21NO2/c1-2-3-4-5-9-12-15(18)16(13-17)14-10-7-6-8-11-14/h6-8,10-11,13H,2-5,9,12H2,1H3. The van der Waals surface area contributed by atoms with Crippen molar-refractivity contribution in [3.63, 3.8) is 0 Å². The minimum Gasteiger partial charge on any atom is -0.278 e. The fourth-order valence-electron chi connectivity index (χ4n) is 1.85. The van der Waals surface area contributed by atoms with Gasteiger partial charge in [-0.15, -0.1) is 0 Å². The number of unbranched alkanes of at least 4 members (excludes halogenated alkanes) is 4. The summed E-state index contributed by atoms with van der Waals surface area (Å²) in [5.41, 5.74) is 0.644. The van der Waals surface area contributed by atoms with Gasteiger partial charge in [-0.05, 0) is 18.6 Å². The third-order valence-corrected chi connectivity index (χ3v) is 2.90. The van der Waals surface area contributed by atoms with Crippen LogP contribution in [0.25, 0.3) is 0 Å². The molecular weight excluding hydrogens is 226 g/mol. The molecule has 98 valence electrons. The number of hydrogen-bond donors (Lipinski definition) is 0. The number of anilines is 1. The van der Waals surface area contributed by atoms with Crippen molar-refractivity contribution in [2.24, 2.45) is 0 Å². The lowest BCUT2D eigenvalue weighted by Gasteiger charge is -2.15. The SMILES string of the molecule is CCCCCCCC(=O)N(C=O)c1ccccc1. The highest BCUT2D eigenvalue weighted by Gasteiger charge is 2.13. The molecular formula is C15H21NO2. The van der Waals surface area contributed by atoms with Crippen LogP contribution in [0.4, 0.5) is 5.69 Å². The number of hydrogen-bond acceptors (Lipinski definition) is 2. The van der Waals surface area contributed by atoms with Crippen LogP contribution in [0.3, 0.4) is 0 Å². The average molecular weight is 247 g/mol. The Bertz CT molecular complexity index is 362. The molecule has 0 fully saturated rings. The summed E-state index contributed by atoms with van der Waals surface area (Å²) in [6.45, 7) is 2.16. The Labute approximate surface area is 109 Å². The van der Waals surface area contributed by atoms with Crippen molar-refractivity contribution in [2.75, 3.05) is 4.90 Å². The largest absolute Gasteiger partial charge is 0.278 e. The van der Waals surface area contributed by atoms with E-state index in [1.165, 1.54) is 17.7 Å². The molecule has 0 heterocycles. The Morgan fingerprint density at radius 2 is 1.78 bits per heavy atom. The topological polar surface area (TPSA) is 37.4 Å². The maximum atomic E-state index is 11.9. The van der Waals surface area contributed by atoms with E-state index >= 15 is 0 Å². The van der Waals surface area contributed by atoms with E-state index in [9.17, 15) is 9.59 Å². The predicted molar refractivity (Wildman–Crippen MR) is 73.4 cm³/mol. The molecule has 0 N–H and O–H groups in total. The van der Waals surface area contributed by atoms with E-state index in [2.05, 4.69) is 6.92 Å². The van der Waals surface area contributed by atoms with Crippen molar-refractivity contribution >= 4 is 18.0 Å². The minimum atomic E-state index is -0.118. The van der Waals surface area contributed by atoms with Gasteiger partial charge in [0.2, 0.25) is 12.3 Å². The number of nitrogens with zero attached hydrogens (tertiary/aromatic N) is 1.